The van der Waals surface area contributed by atoms with E-state index < -0.39 is 11.6 Å². The van der Waals surface area contributed by atoms with Gasteiger partial charge in [-0.3, -0.25) is 9.59 Å². The summed E-state index contributed by atoms with van der Waals surface area (Å²) in [6.07, 6.45) is 5.71. The lowest BCUT2D eigenvalue weighted by Crippen LogP contribution is -2.66. The van der Waals surface area contributed by atoms with Crippen molar-refractivity contribution < 1.29 is 9.59 Å². The molecule has 2 unspecified atom stereocenters. The Kier molecular flexibility index (Phi) is 3.61. The second-order valence-electron chi connectivity index (χ2n) is 5.53. The van der Waals surface area contributed by atoms with Crippen LogP contribution >= 0.6 is 15.9 Å². The third-order valence-corrected chi connectivity index (χ3v) is 4.74. The van der Waals surface area contributed by atoms with Crippen molar-refractivity contribution in [1.29, 1.82) is 0 Å². The number of fused-ring (bicyclic) bond motifs is 2. The van der Waals surface area contributed by atoms with E-state index in [1.54, 1.807) is 0 Å². The van der Waals surface area contributed by atoms with Crippen LogP contribution in [0.2, 0.25) is 0 Å². The van der Waals surface area contributed by atoms with E-state index in [9.17, 15) is 9.59 Å². The summed E-state index contributed by atoms with van der Waals surface area (Å²) >= 11 is 3.45. The molecule has 110 valence electrons. The van der Waals surface area contributed by atoms with Gasteiger partial charge >= 0.3 is 0 Å². The summed E-state index contributed by atoms with van der Waals surface area (Å²) in [6.45, 7) is 1.90. The lowest BCUT2D eigenvalue weighted by molar-refractivity contribution is -0.142. The molecule has 0 aromatic heterocycles. The van der Waals surface area contributed by atoms with E-state index in [1.165, 1.54) is 0 Å². The van der Waals surface area contributed by atoms with Crippen molar-refractivity contribution in [2.24, 2.45) is 0 Å². The maximum Gasteiger partial charge on any atom is 0.251 e. The molecule has 1 heterocycles. The van der Waals surface area contributed by atoms with Gasteiger partial charge in [-0.15, -0.1) is 0 Å². The van der Waals surface area contributed by atoms with Gasteiger partial charge in [0.05, 0.1) is 0 Å². The third kappa shape index (κ3) is 2.29. The van der Waals surface area contributed by atoms with Gasteiger partial charge in [0.1, 0.15) is 11.6 Å². The smallest absolute Gasteiger partial charge is 0.251 e. The first-order valence-corrected chi connectivity index (χ1v) is 7.89. The van der Waals surface area contributed by atoms with Crippen molar-refractivity contribution in [3.63, 3.8) is 0 Å². The van der Waals surface area contributed by atoms with Gasteiger partial charge in [0, 0.05) is 4.47 Å². The fourth-order valence-corrected chi connectivity index (χ4v) is 3.56. The summed E-state index contributed by atoms with van der Waals surface area (Å²) in [5.41, 5.74) is 1.15. The summed E-state index contributed by atoms with van der Waals surface area (Å²) in [4.78, 5) is 24.9. The number of amides is 2. The van der Waals surface area contributed by atoms with E-state index in [0.29, 0.717) is 12.8 Å². The monoisotopic (exact) mass is 348 g/mol. The zero-order chi connectivity index (χ0) is 15.0. The Hall–Kier alpha value is -1.62. The Labute approximate surface area is 132 Å². The van der Waals surface area contributed by atoms with Gasteiger partial charge in [-0.25, -0.2) is 0 Å². The predicted molar refractivity (Wildman–Crippen MR) is 83.6 cm³/mol. The highest BCUT2D eigenvalue weighted by Crippen LogP contribution is 2.39. The highest BCUT2D eigenvalue weighted by molar-refractivity contribution is 9.10. The Morgan fingerprint density at radius 2 is 2.24 bits per heavy atom. The number of allylic oxidation sites excluding steroid dienone is 1. The molecular formula is C16H17BrN2O2. The van der Waals surface area contributed by atoms with Gasteiger partial charge in [0.2, 0.25) is 5.91 Å². The van der Waals surface area contributed by atoms with Crippen LogP contribution in [0.25, 0.3) is 0 Å². The lowest BCUT2D eigenvalue weighted by Gasteiger charge is -2.37. The lowest BCUT2D eigenvalue weighted by atomic mass is 9.87. The average molecular weight is 349 g/mol. The standard InChI is InChI=1S/C16H17BrN2O2/c1-2-3-4-13-14(20)19-16(15(21)18-13)8-7-10-9-11(17)5-6-12(10)16/h2-3,5-6,9,13H,4,7-8H2,1H3,(H,18,21)(H,19,20)/b3-2+. The number of hydrogen-bond acceptors (Lipinski definition) is 2. The van der Waals surface area contributed by atoms with Crippen molar-refractivity contribution >= 4 is 27.7 Å². The van der Waals surface area contributed by atoms with Gasteiger partial charge in [-0.2, -0.15) is 0 Å². The SMILES string of the molecule is C/C=C/CC1NC(=O)C2(CCc3cc(Br)ccc32)NC1=O. The van der Waals surface area contributed by atoms with Crippen LogP contribution in [0.1, 0.15) is 30.9 Å². The van der Waals surface area contributed by atoms with Gasteiger partial charge in [-0.05, 0) is 49.4 Å². The number of carbonyl (C=O) groups excluding carboxylic acids is 2. The van der Waals surface area contributed by atoms with Gasteiger partial charge in [-0.1, -0.05) is 34.1 Å². The van der Waals surface area contributed by atoms with Crippen molar-refractivity contribution in [2.45, 2.75) is 37.8 Å². The fraction of sp³-hybridized carbons (Fsp3) is 0.375. The van der Waals surface area contributed by atoms with Crippen molar-refractivity contribution in [2.75, 3.05) is 0 Å². The van der Waals surface area contributed by atoms with Crippen LogP contribution in [0.15, 0.2) is 34.8 Å². The molecule has 0 bridgehead atoms. The fourth-order valence-electron chi connectivity index (χ4n) is 3.15. The van der Waals surface area contributed by atoms with E-state index in [4.69, 9.17) is 0 Å². The molecule has 0 saturated carbocycles. The first-order chi connectivity index (χ1) is 10.1. The van der Waals surface area contributed by atoms with E-state index in [0.717, 1.165) is 22.0 Å². The first kappa shape index (κ1) is 14.3. The highest BCUT2D eigenvalue weighted by atomic mass is 79.9. The summed E-state index contributed by atoms with van der Waals surface area (Å²) in [7, 11) is 0. The highest BCUT2D eigenvalue weighted by Gasteiger charge is 2.50. The molecule has 1 fully saturated rings. The van der Waals surface area contributed by atoms with E-state index in [-0.39, 0.29) is 11.8 Å². The molecule has 1 spiro atoms. The number of carbonyl (C=O) groups is 2. The molecule has 2 N–H and O–H groups in total. The molecule has 2 aliphatic rings. The largest absolute Gasteiger partial charge is 0.342 e. The Morgan fingerprint density at radius 3 is 3.00 bits per heavy atom. The second-order valence-corrected chi connectivity index (χ2v) is 6.44. The Balaban J connectivity index is 1.92. The number of rotatable bonds is 2. The molecular weight excluding hydrogens is 332 g/mol. The molecule has 2 atom stereocenters. The molecule has 1 saturated heterocycles. The normalized spacial score (nSPS) is 27.8. The minimum absolute atomic E-state index is 0.0994. The molecule has 1 aliphatic heterocycles. The molecule has 21 heavy (non-hydrogen) atoms. The Bertz CT molecular complexity index is 641. The molecule has 3 rings (SSSR count). The number of hydrogen-bond donors (Lipinski definition) is 2. The van der Waals surface area contributed by atoms with Crippen LogP contribution in [0.4, 0.5) is 0 Å². The maximum atomic E-state index is 12.6. The zero-order valence-corrected chi connectivity index (χ0v) is 13.4. The summed E-state index contributed by atoms with van der Waals surface area (Å²) < 4.78 is 0.992. The number of aryl methyl sites for hydroxylation is 1. The maximum absolute atomic E-state index is 12.6. The molecule has 4 nitrogen and oxygen atoms in total. The summed E-state index contributed by atoms with van der Waals surface area (Å²) in [5.74, 6) is -0.207. The Morgan fingerprint density at radius 1 is 1.43 bits per heavy atom. The van der Waals surface area contributed by atoms with E-state index >= 15 is 0 Å². The zero-order valence-electron chi connectivity index (χ0n) is 11.8. The molecule has 1 aromatic carbocycles. The van der Waals surface area contributed by atoms with Crippen molar-refractivity contribution in [3.8, 4) is 0 Å². The molecule has 0 radical (unpaired) electrons. The van der Waals surface area contributed by atoms with E-state index in [1.807, 2.05) is 37.3 Å². The average Bonchev–Trinajstić information content (AvgIpc) is 2.80. The van der Waals surface area contributed by atoms with Crippen LogP contribution < -0.4 is 10.6 Å². The predicted octanol–water partition coefficient (Wildman–Crippen LogP) is 2.17. The van der Waals surface area contributed by atoms with Crippen LogP contribution in [0.3, 0.4) is 0 Å². The van der Waals surface area contributed by atoms with E-state index in [2.05, 4.69) is 26.6 Å². The summed E-state index contributed by atoms with van der Waals surface area (Å²) in [6, 6.07) is 5.39. The van der Waals surface area contributed by atoms with Crippen LogP contribution in [0.5, 0.6) is 0 Å². The quantitative estimate of drug-likeness (QED) is 0.804. The van der Waals surface area contributed by atoms with Gasteiger partial charge in [0.25, 0.3) is 5.91 Å². The molecule has 2 amide bonds. The van der Waals surface area contributed by atoms with Crippen LogP contribution in [0, 0.1) is 0 Å². The molecule has 1 aliphatic carbocycles. The molecule has 5 heteroatoms. The second kappa shape index (κ2) is 5.30. The third-order valence-electron chi connectivity index (χ3n) is 4.25. The minimum Gasteiger partial charge on any atom is -0.342 e. The van der Waals surface area contributed by atoms with Crippen LogP contribution in [-0.4, -0.2) is 17.9 Å². The van der Waals surface area contributed by atoms with Crippen molar-refractivity contribution in [3.05, 3.63) is 46.0 Å². The number of nitrogens with one attached hydrogen (secondary N) is 2. The number of piperazine rings is 1. The number of halogens is 1. The number of benzene rings is 1. The van der Waals surface area contributed by atoms with Crippen molar-refractivity contribution in [1.82, 2.24) is 10.6 Å². The van der Waals surface area contributed by atoms with Gasteiger partial charge < -0.3 is 10.6 Å². The first-order valence-electron chi connectivity index (χ1n) is 7.10. The molecule has 1 aromatic rings. The topological polar surface area (TPSA) is 58.2 Å². The summed E-state index contributed by atoms with van der Waals surface area (Å²) in [5, 5.41) is 5.85. The van der Waals surface area contributed by atoms with Gasteiger partial charge in [0.15, 0.2) is 0 Å². The minimum atomic E-state index is -0.889. The van der Waals surface area contributed by atoms with Crippen LogP contribution in [-0.2, 0) is 21.5 Å².